The van der Waals surface area contributed by atoms with Gasteiger partial charge in [-0.2, -0.15) is 0 Å². The monoisotopic (exact) mass is 870 g/mol. The molecule has 8 heteroatoms. The van der Waals surface area contributed by atoms with Crippen molar-refractivity contribution in [1.29, 1.82) is 0 Å². The van der Waals surface area contributed by atoms with E-state index in [4.69, 9.17) is 28.4 Å². The molecule has 0 radical (unpaired) electrons. The van der Waals surface area contributed by atoms with Crippen LogP contribution in [-0.2, 0) is 15.0 Å². The summed E-state index contributed by atoms with van der Waals surface area (Å²) in [6.07, 6.45) is 11.8. The number of carbonyl (C=O) groups excluding carboxylic acids is 2. The summed E-state index contributed by atoms with van der Waals surface area (Å²) in [4.78, 5) is 27.8. The molecular weight excluding hydrogens is 813 g/mol. The molecule has 0 fully saturated rings. The fourth-order valence-electron chi connectivity index (χ4n) is 10.8. The number of hydrogen-bond acceptors (Lipinski definition) is 8. The molecular formula is C57H58O8. The third-order valence-electron chi connectivity index (χ3n) is 13.9. The number of ether oxygens (including phenoxy) is 6. The highest BCUT2D eigenvalue weighted by Gasteiger charge is 2.43. The molecule has 0 bridgehead atoms. The zero-order valence-electron chi connectivity index (χ0n) is 38.9. The molecule has 1 aliphatic carbocycles. The number of hydrogen-bond donors (Lipinski definition) is 0. The van der Waals surface area contributed by atoms with E-state index in [9.17, 15) is 9.59 Å². The highest BCUT2D eigenvalue weighted by Crippen LogP contribution is 2.56. The first-order chi connectivity index (χ1) is 31.6. The molecule has 9 rings (SSSR count). The van der Waals surface area contributed by atoms with Crippen molar-refractivity contribution < 1.29 is 38.0 Å². The van der Waals surface area contributed by atoms with Crippen LogP contribution in [0.15, 0.2) is 84.9 Å². The largest absolute Gasteiger partial charge is 0.493 e. The van der Waals surface area contributed by atoms with Crippen LogP contribution in [0.3, 0.4) is 0 Å². The van der Waals surface area contributed by atoms with Gasteiger partial charge in [0, 0.05) is 32.2 Å². The Morgan fingerprint density at radius 3 is 1.55 bits per heavy atom. The molecule has 3 aliphatic rings. The molecule has 8 nitrogen and oxygen atoms in total. The first-order valence-electron chi connectivity index (χ1n) is 23.2. The van der Waals surface area contributed by atoms with E-state index in [1.54, 1.807) is 34.5 Å². The standard InChI is InChI=1S/C57H58O8/c1-9-11-13-15-25-57(26-16-14-12-10-2)45-27-33(3)17-19-38(45)39-20-18-35(30-46(39)57)44-29-37(32-48(61-6)54(44)63-8)50-43-24-22-40-41(53(43)65-56(50)59)21-23-42-49(55(58)64-52(40)42)36-28-34(4)51(62-7)47(31-36)60-5/h17-24,27-32H,9-16,25-26H2,1-8H3. The zero-order valence-corrected chi connectivity index (χ0v) is 38.9. The van der Waals surface area contributed by atoms with Gasteiger partial charge in [0.05, 0.1) is 39.6 Å². The van der Waals surface area contributed by atoms with Gasteiger partial charge in [0.1, 0.15) is 11.5 Å². The highest BCUT2D eigenvalue weighted by atomic mass is 16.5. The predicted octanol–water partition coefficient (Wildman–Crippen LogP) is 11.6. The molecule has 0 spiro atoms. The second-order valence-electron chi connectivity index (χ2n) is 17.8. The van der Waals surface area contributed by atoms with Gasteiger partial charge in [0.15, 0.2) is 23.0 Å². The lowest BCUT2D eigenvalue weighted by atomic mass is 9.70. The number of methoxy groups -OCH3 is 4. The normalized spacial score (nSPS) is 14.2. The van der Waals surface area contributed by atoms with Crippen molar-refractivity contribution in [2.24, 2.45) is 0 Å². The molecule has 0 aromatic heterocycles. The molecule has 6 aromatic rings. The third-order valence-corrected chi connectivity index (χ3v) is 13.9. The predicted molar refractivity (Wildman–Crippen MR) is 257 cm³/mol. The molecule has 0 saturated carbocycles. The fraction of sp³-hybridized carbons (Fsp3) is 0.333. The fourth-order valence-corrected chi connectivity index (χ4v) is 10.8. The van der Waals surface area contributed by atoms with Crippen molar-refractivity contribution in [1.82, 2.24) is 0 Å². The number of fused-ring (bicyclic) bond motifs is 8. The number of benzene rings is 6. The Morgan fingerprint density at radius 1 is 0.492 bits per heavy atom. The van der Waals surface area contributed by atoms with Crippen LogP contribution in [0.5, 0.6) is 34.5 Å². The van der Waals surface area contributed by atoms with E-state index in [1.165, 1.54) is 79.2 Å². The molecule has 0 atom stereocenters. The minimum absolute atomic E-state index is 0.111. The van der Waals surface area contributed by atoms with Crippen LogP contribution in [0.1, 0.15) is 111 Å². The average molecular weight is 871 g/mol. The van der Waals surface area contributed by atoms with Gasteiger partial charge in [-0.1, -0.05) is 101 Å². The maximum absolute atomic E-state index is 14.2. The Morgan fingerprint density at radius 2 is 1.02 bits per heavy atom. The average Bonchev–Trinajstić information content (AvgIpc) is 3.93. The van der Waals surface area contributed by atoms with E-state index < -0.39 is 11.9 Å². The van der Waals surface area contributed by atoms with Crippen LogP contribution in [0, 0.1) is 13.8 Å². The summed E-state index contributed by atoms with van der Waals surface area (Å²) in [6, 6.07) is 28.9. The summed E-state index contributed by atoms with van der Waals surface area (Å²) in [6.45, 7) is 8.67. The summed E-state index contributed by atoms with van der Waals surface area (Å²) < 4.78 is 35.5. The minimum atomic E-state index is -0.478. The van der Waals surface area contributed by atoms with Crippen LogP contribution in [0.4, 0.5) is 0 Å². The SMILES string of the molecule is CCCCCCC1(CCCCCC)c2cc(C)ccc2-c2ccc(-c3cc(C4=c5ccc6c7c(ccc6c5OC4=O)=C(c4cc(C)c(OC)c(OC)c4)C(=O)O7)cc(OC)c3OC)cc21. The van der Waals surface area contributed by atoms with Crippen molar-refractivity contribution >= 4 is 33.9 Å². The van der Waals surface area contributed by atoms with Crippen LogP contribution in [0.25, 0.3) is 44.2 Å². The lowest BCUT2D eigenvalue weighted by Gasteiger charge is -2.33. The van der Waals surface area contributed by atoms with Crippen LogP contribution < -0.4 is 38.9 Å². The van der Waals surface area contributed by atoms with E-state index in [-0.39, 0.29) is 5.41 Å². The summed E-state index contributed by atoms with van der Waals surface area (Å²) in [5, 5.41) is 2.60. The van der Waals surface area contributed by atoms with Gasteiger partial charge < -0.3 is 28.4 Å². The van der Waals surface area contributed by atoms with Crippen molar-refractivity contribution in [2.45, 2.75) is 97.3 Å². The molecule has 0 amide bonds. The third kappa shape index (κ3) is 7.31. The molecule has 2 heterocycles. The van der Waals surface area contributed by atoms with Crippen molar-refractivity contribution in [2.75, 3.05) is 28.4 Å². The van der Waals surface area contributed by atoms with Gasteiger partial charge >= 0.3 is 11.9 Å². The van der Waals surface area contributed by atoms with Crippen molar-refractivity contribution in [3.63, 3.8) is 0 Å². The number of rotatable bonds is 17. The number of unbranched alkanes of at least 4 members (excludes halogenated alkanes) is 6. The van der Waals surface area contributed by atoms with E-state index in [0.29, 0.717) is 78.0 Å². The molecule has 2 aliphatic heterocycles. The summed E-state index contributed by atoms with van der Waals surface area (Å²) >= 11 is 0. The summed E-state index contributed by atoms with van der Waals surface area (Å²) in [7, 11) is 6.45. The first kappa shape index (κ1) is 43.7. The summed E-state index contributed by atoms with van der Waals surface area (Å²) in [5.41, 5.74) is 11.4. The lowest BCUT2D eigenvalue weighted by molar-refractivity contribution is -0.128. The van der Waals surface area contributed by atoms with E-state index in [0.717, 1.165) is 29.5 Å². The van der Waals surface area contributed by atoms with Crippen LogP contribution in [-0.4, -0.2) is 40.4 Å². The van der Waals surface area contributed by atoms with Gasteiger partial charge in [-0.15, -0.1) is 0 Å². The lowest BCUT2D eigenvalue weighted by Crippen LogP contribution is -2.25. The topological polar surface area (TPSA) is 89.5 Å². The second-order valence-corrected chi connectivity index (χ2v) is 17.8. The molecule has 6 aromatic carbocycles. The molecule has 0 N–H and O–H groups in total. The summed E-state index contributed by atoms with van der Waals surface area (Å²) in [5.74, 6) is 2.10. The quantitative estimate of drug-likeness (QED) is 0.0509. The molecule has 65 heavy (non-hydrogen) atoms. The van der Waals surface area contributed by atoms with Crippen molar-refractivity contribution in [3.8, 4) is 56.8 Å². The first-order valence-corrected chi connectivity index (χ1v) is 23.2. The molecule has 0 saturated heterocycles. The van der Waals surface area contributed by atoms with Gasteiger partial charge in [-0.05, 0) is 126 Å². The van der Waals surface area contributed by atoms with Crippen LogP contribution >= 0.6 is 0 Å². The van der Waals surface area contributed by atoms with E-state index in [1.807, 2.05) is 49.4 Å². The van der Waals surface area contributed by atoms with E-state index >= 15 is 0 Å². The van der Waals surface area contributed by atoms with Crippen LogP contribution in [0.2, 0.25) is 0 Å². The number of carbonyl (C=O) groups is 2. The van der Waals surface area contributed by atoms with Gasteiger partial charge in [0.25, 0.3) is 0 Å². The Hall–Kier alpha value is -6.54. The van der Waals surface area contributed by atoms with Gasteiger partial charge in [0.2, 0.25) is 0 Å². The van der Waals surface area contributed by atoms with Crippen molar-refractivity contribution in [3.05, 3.63) is 129 Å². The number of aryl methyl sites for hydroxylation is 2. The number of esters is 2. The minimum Gasteiger partial charge on any atom is -0.493 e. The zero-order chi connectivity index (χ0) is 45.6. The Labute approximate surface area is 381 Å². The van der Waals surface area contributed by atoms with E-state index in [2.05, 4.69) is 57.2 Å². The second kappa shape index (κ2) is 17.8. The highest BCUT2D eigenvalue weighted by molar-refractivity contribution is 6.23. The smallest absolute Gasteiger partial charge is 0.344 e. The molecule has 334 valence electrons. The Bertz CT molecular complexity index is 3020. The maximum Gasteiger partial charge on any atom is 0.344 e. The van der Waals surface area contributed by atoms with Gasteiger partial charge in [-0.3, -0.25) is 0 Å². The Balaban J connectivity index is 1.19. The maximum atomic E-state index is 14.2. The Kier molecular flexibility index (Phi) is 12.0. The molecule has 0 unspecified atom stereocenters. The van der Waals surface area contributed by atoms with Gasteiger partial charge in [-0.25, -0.2) is 9.59 Å².